The van der Waals surface area contributed by atoms with Gasteiger partial charge in [-0.15, -0.1) is 0 Å². The Balaban J connectivity index is 2.00. The molecule has 0 atom stereocenters. The predicted molar refractivity (Wildman–Crippen MR) is 96.3 cm³/mol. The number of rotatable bonds is 4. The quantitative estimate of drug-likeness (QED) is 0.768. The number of hydrogen-bond acceptors (Lipinski definition) is 3. The van der Waals surface area contributed by atoms with Gasteiger partial charge in [-0.05, 0) is 30.7 Å². The number of carbonyl (C=O) groups is 2. The molecule has 0 spiro atoms. The van der Waals surface area contributed by atoms with E-state index in [-0.39, 0.29) is 5.91 Å². The summed E-state index contributed by atoms with van der Waals surface area (Å²) in [5, 5.41) is 7.12. The van der Waals surface area contributed by atoms with Crippen LogP contribution >= 0.6 is 0 Å². The minimum atomic E-state index is -0.532. The highest BCUT2D eigenvalue weighted by molar-refractivity contribution is 6.07. The first-order valence-corrected chi connectivity index (χ1v) is 7.76. The summed E-state index contributed by atoms with van der Waals surface area (Å²) in [4.78, 5) is 24.2. The van der Waals surface area contributed by atoms with Crippen molar-refractivity contribution in [3.63, 3.8) is 0 Å². The standard InChI is InChI=1S/C19H18N4O2/c1-12-6-5-7-13(10-12)19(25)21-18-16(11-23(2)22-18)14-8-3-4-9-15(14)17(20)24/h3-11H,1-2H3,(H2,20,24)(H,21,22,25). The van der Waals surface area contributed by atoms with Crippen molar-refractivity contribution in [3.05, 3.63) is 71.4 Å². The van der Waals surface area contributed by atoms with Crippen LogP contribution in [-0.2, 0) is 7.05 Å². The Labute approximate surface area is 145 Å². The fourth-order valence-electron chi connectivity index (χ4n) is 2.68. The van der Waals surface area contributed by atoms with Crippen molar-refractivity contribution in [1.82, 2.24) is 9.78 Å². The maximum atomic E-state index is 12.5. The molecule has 0 aliphatic carbocycles. The van der Waals surface area contributed by atoms with Crippen molar-refractivity contribution in [1.29, 1.82) is 0 Å². The lowest BCUT2D eigenvalue weighted by molar-refractivity contribution is 0.0998. The summed E-state index contributed by atoms with van der Waals surface area (Å²) in [6.45, 7) is 1.92. The zero-order valence-electron chi connectivity index (χ0n) is 14.0. The molecule has 0 saturated carbocycles. The Morgan fingerprint density at radius 1 is 1.08 bits per heavy atom. The fraction of sp³-hybridized carbons (Fsp3) is 0.105. The van der Waals surface area contributed by atoms with Gasteiger partial charge in [-0.25, -0.2) is 0 Å². The number of carbonyl (C=O) groups excluding carboxylic acids is 2. The van der Waals surface area contributed by atoms with Crippen LogP contribution in [-0.4, -0.2) is 21.6 Å². The van der Waals surface area contributed by atoms with E-state index in [1.807, 2.05) is 19.1 Å². The normalized spacial score (nSPS) is 10.5. The number of aryl methyl sites for hydroxylation is 2. The zero-order valence-corrected chi connectivity index (χ0v) is 14.0. The number of nitrogens with two attached hydrogens (primary N) is 1. The summed E-state index contributed by atoms with van der Waals surface area (Å²) < 4.78 is 1.58. The van der Waals surface area contributed by atoms with E-state index >= 15 is 0 Å². The average Bonchev–Trinajstić information content (AvgIpc) is 2.95. The van der Waals surface area contributed by atoms with Gasteiger partial charge in [0.15, 0.2) is 5.82 Å². The maximum absolute atomic E-state index is 12.5. The van der Waals surface area contributed by atoms with Crippen LogP contribution in [0.1, 0.15) is 26.3 Å². The minimum Gasteiger partial charge on any atom is -0.366 e. The fourth-order valence-corrected chi connectivity index (χ4v) is 2.68. The van der Waals surface area contributed by atoms with E-state index < -0.39 is 5.91 Å². The van der Waals surface area contributed by atoms with E-state index in [4.69, 9.17) is 5.73 Å². The Kier molecular flexibility index (Phi) is 4.35. The Bertz CT molecular complexity index is 960. The number of nitrogens with one attached hydrogen (secondary N) is 1. The van der Waals surface area contributed by atoms with E-state index in [0.717, 1.165) is 5.56 Å². The van der Waals surface area contributed by atoms with Gasteiger partial charge >= 0.3 is 0 Å². The van der Waals surface area contributed by atoms with Crippen molar-refractivity contribution in [3.8, 4) is 11.1 Å². The molecule has 3 aromatic rings. The molecule has 0 fully saturated rings. The van der Waals surface area contributed by atoms with Gasteiger partial charge in [0.2, 0.25) is 5.91 Å². The highest BCUT2D eigenvalue weighted by Crippen LogP contribution is 2.30. The molecule has 0 aliphatic rings. The summed E-state index contributed by atoms with van der Waals surface area (Å²) in [5.74, 6) is -0.418. The lowest BCUT2D eigenvalue weighted by atomic mass is 10.0. The number of nitrogens with zero attached hydrogens (tertiary/aromatic N) is 2. The molecular formula is C19H18N4O2. The number of anilines is 1. The van der Waals surface area contributed by atoms with Crippen LogP contribution in [0, 0.1) is 6.92 Å². The Morgan fingerprint density at radius 3 is 2.56 bits per heavy atom. The van der Waals surface area contributed by atoms with Gasteiger partial charge < -0.3 is 11.1 Å². The van der Waals surface area contributed by atoms with Crippen molar-refractivity contribution >= 4 is 17.6 Å². The van der Waals surface area contributed by atoms with Crippen molar-refractivity contribution in [2.75, 3.05) is 5.32 Å². The summed E-state index contributed by atoms with van der Waals surface area (Å²) in [6.07, 6.45) is 1.74. The lowest BCUT2D eigenvalue weighted by Gasteiger charge is -2.08. The van der Waals surface area contributed by atoms with Gasteiger partial charge in [0.05, 0.1) is 0 Å². The predicted octanol–water partition coefficient (Wildman–Crippen LogP) is 2.75. The van der Waals surface area contributed by atoms with Crippen LogP contribution in [0.4, 0.5) is 5.82 Å². The van der Waals surface area contributed by atoms with E-state index in [0.29, 0.717) is 28.1 Å². The molecular weight excluding hydrogens is 316 g/mol. The number of hydrogen-bond donors (Lipinski definition) is 2. The van der Waals surface area contributed by atoms with Crippen LogP contribution in [0.25, 0.3) is 11.1 Å². The first-order valence-electron chi connectivity index (χ1n) is 7.76. The molecule has 0 aliphatic heterocycles. The molecule has 2 aromatic carbocycles. The van der Waals surface area contributed by atoms with Crippen molar-refractivity contribution in [2.24, 2.45) is 12.8 Å². The molecule has 1 heterocycles. The van der Waals surface area contributed by atoms with Crippen LogP contribution in [0.3, 0.4) is 0 Å². The van der Waals surface area contributed by atoms with E-state index in [1.165, 1.54) is 0 Å². The largest absolute Gasteiger partial charge is 0.366 e. The summed E-state index contributed by atoms with van der Waals surface area (Å²) >= 11 is 0. The van der Waals surface area contributed by atoms with Crippen molar-refractivity contribution < 1.29 is 9.59 Å². The average molecular weight is 334 g/mol. The molecule has 6 nitrogen and oxygen atoms in total. The molecule has 3 N–H and O–H groups in total. The molecule has 0 bridgehead atoms. The smallest absolute Gasteiger partial charge is 0.256 e. The van der Waals surface area contributed by atoms with Crippen molar-refractivity contribution in [2.45, 2.75) is 6.92 Å². The molecule has 3 rings (SSSR count). The molecule has 25 heavy (non-hydrogen) atoms. The second-order valence-electron chi connectivity index (χ2n) is 5.80. The highest BCUT2D eigenvalue weighted by Gasteiger charge is 2.18. The van der Waals surface area contributed by atoms with E-state index in [1.54, 1.807) is 54.3 Å². The molecule has 2 amide bonds. The summed E-state index contributed by atoms with van der Waals surface area (Å²) in [5.41, 5.74) is 8.64. The Morgan fingerprint density at radius 2 is 1.84 bits per heavy atom. The van der Waals surface area contributed by atoms with Crippen LogP contribution in [0.5, 0.6) is 0 Å². The maximum Gasteiger partial charge on any atom is 0.256 e. The minimum absolute atomic E-state index is 0.264. The van der Waals surface area contributed by atoms with Gasteiger partial charge in [0.25, 0.3) is 5.91 Å². The summed E-state index contributed by atoms with van der Waals surface area (Å²) in [7, 11) is 1.75. The van der Waals surface area contributed by atoms with Gasteiger partial charge in [-0.1, -0.05) is 35.9 Å². The zero-order chi connectivity index (χ0) is 18.0. The first-order chi connectivity index (χ1) is 12.0. The van der Waals surface area contributed by atoms with Crippen LogP contribution in [0.2, 0.25) is 0 Å². The third-order valence-electron chi connectivity index (χ3n) is 3.82. The molecule has 0 unspecified atom stereocenters. The number of primary amides is 1. The molecule has 6 heteroatoms. The second kappa shape index (κ2) is 6.60. The van der Waals surface area contributed by atoms with Crippen LogP contribution in [0.15, 0.2) is 54.7 Å². The topological polar surface area (TPSA) is 90.0 Å². The molecule has 1 aromatic heterocycles. The molecule has 0 saturated heterocycles. The van der Waals surface area contributed by atoms with Gasteiger partial charge in [0.1, 0.15) is 0 Å². The summed E-state index contributed by atoms with van der Waals surface area (Å²) in [6, 6.07) is 14.3. The van der Waals surface area contributed by atoms with Gasteiger partial charge in [-0.2, -0.15) is 5.10 Å². The lowest BCUT2D eigenvalue weighted by Crippen LogP contribution is -2.14. The monoisotopic (exact) mass is 334 g/mol. The highest BCUT2D eigenvalue weighted by atomic mass is 16.2. The number of aromatic nitrogens is 2. The van der Waals surface area contributed by atoms with Gasteiger partial charge in [-0.3, -0.25) is 14.3 Å². The molecule has 126 valence electrons. The third-order valence-corrected chi connectivity index (χ3v) is 3.82. The first kappa shape index (κ1) is 16.4. The van der Waals surface area contributed by atoms with Crippen LogP contribution < -0.4 is 11.1 Å². The second-order valence-corrected chi connectivity index (χ2v) is 5.80. The van der Waals surface area contributed by atoms with E-state index in [2.05, 4.69) is 10.4 Å². The van der Waals surface area contributed by atoms with E-state index in [9.17, 15) is 9.59 Å². The third kappa shape index (κ3) is 3.42. The molecule has 0 radical (unpaired) electrons. The van der Waals surface area contributed by atoms with Gasteiger partial charge in [0, 0.05) is 29.9 Å². The number of amides is 2. The number of benzene rings is 2. The Hall–Kier alpha value is -3.41. The SMILES string of the molecule is Cc1cccc(C(=O)Nc2nn(C)cc2-c2ccccc2C(N)=O)c1.